The van der Waals surface area contributed by atoms with E-state index in [2.05, 4.69) is 15.9 Å². The highest BCUT2D eigenvalue weighted by atomic mass is 79.9. The summed E-state index contributed by atoms with van der Waals surface area (Å²) in [4.78, 5) is 21.8. The van der Waals surface area contributed by atoms with Crippen LogP contribution in [0.5, 0.6) is 11.5 Å². The van der Waals surface area contributed by atoms with Crippen molar-refractivity contribution in [1.29, 1.82) is 0 Å². The van der Waals surface area contributed by atoms with Crippen molar-refractivity contribution in [3.8, 4) is 11.5 Å². The highest BCUT2D eigenvalue weighted by molar-refractivity contribution is 9.10. The van der Waals surface area contributed by atoms with Crippen molar-refractivity contribution in [2.45, 2.75) is 6.92 Å². The first-order valence-corrected chi connectivity index (χ1v) is 6.49. The maximum atomic E-state index is 11.6. The molecule has 0 heterocycles. The van der Waals surface area contributed by atoms with E-state index in [9.17, 15) is 14.9 Å². The highest BCUT2D eigenvalue weighted by Gasteiger charge is 2.15. The minimum Gasteiger partial charge on any atom is -0.457 e. The Bertz CT molecular complexity index is 667. The van der Waals surface area contributed by atoms with Crippen LogP contribution in [-0.2, 0) is 0 Å². The van der Waals surface area contributed by atoms with Crippen molar-refractivity contribution in [2.75, 3.05) is 0 Å². The summed E-state index contributed by atoms with van der Waals surface area (Å²) in [6.07, 6.45) is 0. The van der Waals surface area contributed by atoms with Crippen molar-refractivity contribution in [3.05, 3.63) is 62.6 Å². The third kappa shape index (κ3) is 3.21. The van der Waals surface area contributed by atoms with Crippen LogP contribution in [0.25, 0.3) is 0 Å². The van der Waals surface area contributed by atoms with Crippen LogP contribution < -0.4 is 4.74 Å². The summed E-state index contributed by atoms with van der Waals surface area (Å²) < 4.78 is 6.50. The molecule has 2 aromatic carbocycles. The van der Waals surface area contributed by atoms with Gasteiger partial charge in [-0.05, 0) is 37.3 Å². The van der Waals surface area contributed by atoms with Crippen molar-refractivity contribution in [2.24, 2.45) is 0 Å². The fourth-order valence-electron chi connectivity index (χ4n) is 1.63. The fraction of sp³-hybridized carbons (Fsp3) is 0.0714. The predicted molar refractivity (Wildman–Crippen MR) is 77.3 cm³/mol. The second-order valence-electron chi connectivity index (χ2n) is 4.05. The lowest BCUT2D eigenvalue weighted by molar-refractivity contribution is -0.384. The molecular formula is C14H10BrNO4. The summed E-state index contributed by atoms with van der Waals surface area (Å²) in [7, 11) is 0. The number of hydrogen-bond acceptors (Lipinski definition) is 4. The molecule has 20 heavy (non-hydrogen) atoms. The molecule has 5 nitrogen and oxygen atoms in total. The molecule has 0 radical (unpaired) electrons. The summed E-state index contributed by atoms with van der Waals surface area (Å²) in [6.45, 7) is 1.34. The van der Waals surface area contributed by atoms with Crippen molar-refractivity contribution >= 4 is 27.4 Å². The van der Waals surface area contributed by atoms with Gasteiger partial charge in [-0.3, -0.25) is 14.9 Å². The zero-order valence-electron chi connectivity index (χ0n) is 10.5. The van der Waals surface area contributed by atoms with Gasteiger partial charge in [-0.1, -0.05) is 15.9 Å². The maximum absolute atomic E-state index is 11.6. The molecule has 0 aromatic heterocycles. The topological polar surface area (TPSA) is 69.4 Å². The van der Waals surface area contributed by atoms with E-state index in [0.717, 1.165) is 4.47 Å². The SMILES string of the molecule is CC(=O)c1cc([N+](=O)[O-])ccc1Oc1ccc(Br)cc1. The third-order valence-corrected chi connectivity index (χ3v) is 3.12. The van der Waals surface area contributed by atoms with E-state index in [0.29, 0.717) is 11.5 Å². The second kappa shape index (κ2) is 5.83. The Morgan fingerprint density at radius 2 is 1.85 bits per heavy atom. The number of nitro benzene ring substituents is 1. The molecule has 2 aromatic rings. The van der Waals surface area contributed by atoms with Gasteiger partial charge in [0.25, 0.3) is 5.69 Å². The second-order valence-corrected chi connectivity index (χ2v) is 4.97. The smallest absolute Gasteiger partial charge is 0.270 e. The molecule has 0 unspecified atom stereocenters. The molecule has 0 saturated heterocycles. The lowest BCUT2D eigenvalue weighted by atomic mass is 10.1. The predicted octanol–water partition coefficient (Wildman–Crippen LogP) is 4.35. The normalized spacial score (nSPS) is 10.1. The Kier molecular flexibility index (Phi) is 4.14. The average Bonchev–Trinajstić information content (AvgIpc) is 2.41. The van der Waals surface area contributed by atoms with Crippen LogP contribution in [0.15, 0.2) is 46.9 Å². The molecule has 102 valence electrons. The Balaban J connectivity index is 2.38. The molecule has 0 atom stereocenters. The number of carbonyl (C=O) groups excluding carboxylic acids is 1. The molecule has 0 aliphatic heterocycles. The number of ketones is 1. The first-order valence-electron chi connectivity index (χ1n) is 5.70. The van der Waals surface area contributed by atoms with Crippen LogP contribution in [0.3, 0.4) is 0 Å². The number of carbonyl (C=O) groups is 1. The Labute approximate surface area is 123 Å². The molecule has 0 aliphatic rings. The van der Waals surface area contributed by atoms with Gasteiger partial charge < -0.3 is 4.74 Å². The number of nitro groups is 1. The van der Waals surface area contributed by atoms with E-state index in [1.54, 1.807) is 24.3 Å². The van der Waals surface area contributed by atoms with Crippen LogP contribution in [0.4, 0.5) is 5.69 Å². The number of rotatable bonds is 4. The minimum atomic E-state index is -0.546. The van der Waals surface area contributed by atoms with E-state index in [1.165, 1.54) is 25.1 Å². The molecule has 0 N–H and O–H groups in total. The number of hydrogen-bond donors (Lipinski definition) is 0. The van der Waals surface area contributed by atoms with Crippen LogP contribution in [0, 0.1) is 10.1 Å². The van der Waals surface area contributed by atoms with Crippen LogP contribution in [0.2, 0.25) is 0 Å². The third-order valence-electron chi connectivity index (χ3n) is 2.59. The van der Waals surface area contributed by atoms with E-state index >= 15 is 0 Å². The molecule has 0 bridgehead atoms. The minimum absolute atomic E-state index is 0.140. The van der Waals surface area contributed by atoms with Crippen LogP contribution >= 0.6 is 15.9 Å². The number of halogens is 1. The Hall–Kier alpha value is -2.21. The van der Waals surface area contributed by atoms with Gasteiger partial charge >= 0.3 is 0 Å². The first-order chi connectivity index (χ1) is 9.47. The number of non-ortho nitro benzene ring substituents is 1. The Morgan fingerprint density at radius 3 is 2.40 bits per heavy atom. The fourth-order valence-corrected chi connectivity index (χ4v) is 1.89. The first kappa shape index (κ1) is 14.2. The van der Waals surface area contributed by atoms with E-state index in [-0.39, 0.29) is 17.0 Å². The Morgan fingerprint density at radius 1 is 1.20 bits per heavy atom. The average molecular weight is 336 g/mol. The van der Waals surface area contributed by atoms with Crippen LogP contribution in [0.1, 0.15) is 17.3 Å². The van der Waals surface area contributed by atoms with Crippen molar-refractivity contribution < 1.29 is 14.5 Å². The molecule has 6 heteroatoms. The summed E-state index contributed by atoms with van der Waals surface area (Å²) in [5.41, 5.74) is 0.0421. The zero-order valence-corrected chi connectivity index (χ0v) is 12.1. The standard InChI is InChI=1S/C14H10BrNO4/c1-9(17)13-8-11(16(18)19)4-7-14(13)20-12-5-2-10(15)3-6-12/h2-8H,1H3. The van der Waals surface area contributed by atoms with Gasteiger partial charge in [-0.2, -0.15) is 0 Å². The van der Waals surface area contributed by atoms with Gasteiger partial charge in [-0.25, -0.2) is 0 Å². The monoisotopic (exact) mass is 335 g/mol. The van der Waals surface area contributed by atoms with Crippen molar-refractivity contribution in [1.82, 2.24) is 0 Å². The number of benzene rings is 2. The van der Waals surface area contributed by atoms with Gasteiger partial charge in [0.2, 0.25) is 0 Å². The number of ether oxygens (including phenoxy) is 1. The molecular weight excluding hydrogens is 326 g/mol. The largest absolute Gasteiger partial charge is 0.457 e. The van der Waals surface area contributed by atoms with Gasteiger partial charge in [0, 0.05) is 16.6 Å². The molecule has 2 rings (SSSR count). The van der Waals surface area contributed by atoms with Crippen LogP contribution in [-0.4, -0.2) is 10.7 Å². The van der Waals surface area contributed by atoms with Gasteiger partial charge in [0.05, 0.1) is 10.5 Å². The molecule has 0 saturated carbocycles. The molecule has 0 spiro atoms. The maximum Gasteiger partial charge on any atom is 0.270 e. The van der Waals surface area contributed by atoms with Gasteiger partial charge in [0.1, 0.15) is 11.5 Å². The lowest BCUT2D eigenvalue weighted by Crippen LogP contribution is -1.99. The van der Waals surface area contributed by atoms with E-state index in [4.69, 9.17) is 4.74 Å². The van der Waals surface area contributed by atoms with Gasteiger partial charge in [-0.15, -0.1) is 0 Å². The quantitative estimate of drug-likeness (QED) is 0.473. The van der Waals surface area contributed by atoms with Crippen molar-refractivity contribution in [3.63, 3.8) is 0 Å². The zero-order chi connectivity index (χ0) is 14.7. The highest BCUT2D eigenvalue weighted by Crippen LogP contribution is 2.29. The number of nitrogens with zero attached hydrogens (tertiary/aromatic N) is 1. The molecule has 0 fully saturated rings. The van der Waals surface area contributed by atoms with E-state index < -0.39 is 4.92 Å². The summed E-state index contributed by atoms with van der Waals surface area (Å²) in [5.74, 6) is 0.552. The van der Waals surface area contributed by atoms with E-state index in [1.807, 2.05) is 0 Å². The summed E-state index contributed by atoms with van der Waals surface area (Å²) >= 11 is 3.31. The molecule has 0 aliphatic carbocycles. The lowest BCUT2D eigenvalue weighted by Gasteiger charge is -2.09. The number of Topliss-reactive ketones (excluding diaryl/α,β-unsaturated/α-hetero) is 1. The summed E-state index contributed by atoms with van der Waals surface area (Å²) in [6, 6.07) is 11.0. The molecule has 0 amide bonds. The van der Waals surface area contributed by atoms with Gasteiger partial charge in [0.15, 0.2) is 5.78 Å². The summed E-state index contributed by atoms with van der Waals surface area (Å²) in [5, 5.41) is 10.7.